The molecule has 1 aliphatic heterocycles. The van der Waals surface area contributed by atoms with Gasteiger partial charge in [0, 0.05) is 37.1 Å². The first-order valence-electron chi connectivity index (χ1n) is 12.0. The van der Waals surface area contributed by atoms with Crippen LogP contribution in [0.25, 0.3) is 28.2 Å². The van der Waals surface area contributed by atoms with Gasteiger partial charge in [0.05, 0.1) is 5.69 Å². The largest absolute Gasteiger partial charge is 0.423 e. The maximum atomic E-state index is 12.2. The number of likely N-dealkylation sites (tertiary alicyclic amines) is 1. The Kier molecular flexibility index (Phi) is 6.59. The van der Waals surface area contributed by atoms with Gasteiger partial charge in [-0.15, -0.1) is 0 Å². The van der Waals surface area contributed by atoms with Gasteiger partial charge in [-0.2, -0.15) is 0 Å². The summed E-state index contributed by atoms with van der Waals surface area (Å²) >= 11 is 0. The van der Waals surface area contributed by atoms with Crippen LogP contribution >= 0.6 is 0 Å². The van der Waals surface area contributed by atoms with Crippen LogP contribution in [0.15, 0.2) is 94.2 Å². The molecule has 34 heavy (non-hydrogen) atoms. The van der Waals surface area contributed by atoms with Gasteiger partial charge in [0.1, 0.15) is 5.58 Å². The third-order valence-corrected chi connectivity index (χ3v) is 6.51. The molecule has 1 fully saturated rings. The maximum Gasteiger partial charge on any atom is 0.338 e. The van der Waals surface area contributed by atoms with Gasteiger partial charge in [0.25, 0.3) is 0 Å². The van der Waals surface area contributed by atoms with Gasteiger partial charge in [-0.05, 0) is 48.6 Å². The first-order valence-corrected chi connectivity index (χ1v) is 12.0. The van der Waals surface area contributed by atoms with Crippen LogP contribution in [0, 0.1) is 6.92 Å². The molecule has 0 atom stereocenters. The van der Waals surface area contributed by atoms with Crippen LogP contribution in [0.4, 0.5) is 5.69 Å². The Morgan fingerprint density at radius 3 is 2.53 bits per heavy atom. The molecule has 0 radical (unpaired) electrons. The van der Waals surface area contributed by atoms with Crippen LogP contribution in [0.1, 0.15) is 24.0 Å². The highest BCUT2D eigenvalue weighted by molar-refractivity contribution is 5.93. The third kappa shape index (κ3) is 5.29. The maximum absolute atomic E-state index is 12.2. The van der Waals surface area contributed by atoms with E-state index in [0.29, 0.717) is 11.6 Å². The molecule has 4 heteroatoms. The second-order valence-corrected chi connectivity index (χ2v) is 9.09. The second kappa shape index (κ2) is 10.1. The summed E-state index contributed by atoms with van der Waals surface area (Å²) in [5.74, 6) is 0. The van der Waals surface area contributed by atoms with Crippen molar-refractivity contribution in [2.75, 3.05) is 25.0 Å². The molecule has 0 unspecified atom stereocenters. The van der Waals surface area contributed by atoms with Crippen LogP contribution in [0.5, 0.6) is 0 Å². The predicted molar refractivity (Wildman–Crippen MR) is 141 cm³/mol. The number of piperidine rings is 1. The third-order valence-electron chi connectivity index (χ3n) is 6.51. The van der Waals surface area contributed by atoms with Crippen molar-refractivity contribution in [1.82, 2.24) is 4.90 Å². The molecule has 3 aromatic carbocycles. The lowest BCUT2D eigenvalue weighted by Crippen LogP contribution is -2.39. The molecule has 0 amide bonds. The Morgan fingerprint density at radius 2 is 1.74 bits per heavy atom. The molecule has 0 aliphatic carbocycles. The van der Waals surface area contributed by atoms with Gasteiger partial charge in [0.2, 0.25) is 0 Å². The average molecular weight is 451 g/mol. The summed E-state index contributed by atoms with van der Waals surface area (Å²) in [7, 11) is 0. The van der Waals surface area contributed by atoms with E-state index in [0.717, 1.165) is 54.7 Å². The van der Waals surface area contributed by atoms with Crippen molar-refractivity contribution in [3.63, 3.8) is 0 Å². The van der Waals surface area contributed by atoms with Crippen molar-refractivity contribution in [2.45, 2.75) is 25.8 Å². The molecule has 1 saturated heterocycles. The second-order valence-electron chi connectivity index (χ2n) is 9.09. The SMILES string of the molecule is Cc1cccc(-c2ccc3oc(=O)cc(NC4CCN(C/C=C/c5ccccc5)CC4)c3c2)c1. The Morgan fingerprint density at radius 1 is 0.941 bits per heavy atom. The molecule has 1 aromatic heterocycles. The minimum atomic E-state index is -0.318. The fourth-order valence-electron chi connectivity index (χ4n) is 4.67. The van der Waals surface area contributed by atoms with Crippen molar-refractivity contribution in [2.24, 2.45) is 0 Å². The summed E-state index contributed by atoms with van der Waals surface area (Å²) in [5, 5.41) is 4.60. The Hall–Kier alpha value is -3.63. The highest BCUT2D eigenvalue weighted by Gasteiger charge is 2.19. The molecule has 4 aromatic rings. The minimum absolute atomic E-state index is 0.318. The van der Waals surface area contributed by atoms with Crippen molar-refractivity contribution < 1.29 is 4.42 Å². The Labute approximate surface area is 200 Å². The van der Waals surface area contributed by atoms with E-state index in [1.54, 1.807) is 6.07 Å². The van der Waals surface area contributed by atoms with Crippen LogP contribution < -0.4 is 10.9 Å². The number of nitrogens with zero attached hydrogens (tertiary/aromatic N) is 1. The lowest BCUT2D eigenvalue weighted by Gasteiger charge is -2.32. The molecule has 0 bridgehead atoms. The zero-order valence-corrected chi connectivity index (χ0v) is 19.5. The van der Waals surface area contributed by atoms with Crippen LogP contribution in [0.3, 0.4) is 0 Å². The monoisotopic (exact) mass is 450 g/mol. The molecule has 1 N–H and O–H groups in total. The van der Waals surface area contributed by atoms with Crippen LogP contribution in [-0.4, -0.2) is 30.6 Å². The minimum Gasteiger partial charge on any atom is -0.423 e. The smallest absolute Gasteiger partial charge is 0.338 e. The topological polar surface area (TPSA) is 45.5 Å². The number of anilines is 1. The molecular weight excluding hydrogens is 420 g/mol. The fraction of sp³-hybridized carbons (Fsp3) is 0.233. The van der Waals surface area contributed by atoms with E-state index in [2.05, 4.69) is 83.9 Å². The van der Waals surface area contributed by atoms with Crippen molar-refractivity contribution in [1.29, 1.82) is 0 Å². The average Bonchev–Trinajstić information content (AvgIpc) is 2.85. The highest BCUT2D eigenvalue weighted by Crippen LogP contribution is 2.30. The number of hydrogen-bond acceptors (Lipinski definition) is 4. The Bertz CT molecular complexity index is 1350. The van der Waals surface area contributed by atoms with Crippen molar-refractivity contribution in [3.8, 4) is 11.1 Å². The zero-order valence-electron chi connectivity index (χ0n) is 19.5. The van der Waals surface area contributed by atoms with Crippen molar-refractivity contribution in [3.05, 3.63) is 106 Å². The van der Waals surface area contributed by atoms with Gasteiger partial charge in [0.15, 0.2) is 0 Å². The van der Waals surface area contributed by atoms with Crippen LogP contribution in [0.2, 0.25) is 0 Å². The number of nitrogens with one attached hydrogen (secondary N) is 1. The lowest BCUT2D eigenvalue weighted by molar-refractivity contribution is 0.240. The summed E-state index contributed by atoms with van der Waals surface area (Å²) in [6.07, 6.45) is 6.51. The van der Waals surface area contributed by atoms with Gasteiger partial charge in [-0.1, -0.05) is 78.4 Å². The van der Waals surface area contributed by atoms with E-state index in [4.69, 9.17) is 4.42 Å². The summed E-state index contributed by atoms with van der Waals surface area (Å²) in [6, 6.07) is 26.8. The molecule has 2 heterocycles. The van der Waals surface area contributed by atoms with Crippen molar-refractivity contribution >= 4 is 22.7 Å². The number of hydrogen-bond donors (Lipinski definition) is 1. The first-order chi connectivity index (χ1) is 16.6. The molecular formula is C30H30N2O2. The lowest BCUT2D eigenvalue weighted by atomic mass is 10.0. The highest BCUT2D eigenvalue weighted by atomic mass is 16.4. The first kappa shape index (κ1) is 22.2. The molecule has 172 valence electrons. The fourth-order valence-corrected chi connectivity index (χ4v) is 4.67. The summed E-state index contributed by atoms with van der Waals surface area (Å²) in [5.41, 5.74) is 5.91. The standard InChI is InChI=1S/C30H30N2O2/c1-22-7-5-11-24(19-22)25-12-13-29-27(20-25)28(21-30(33)34-29)31-26-14-17-32(18-15-26)16-6-10-23-8-3-2-4-9-23/h2-13,19-21,26,31H,14-18H2,1H3/b10-6+. The number of aryl methyl sites for hydroxylation is 1. The molecule has 5 rings (SSSR count). The summed E-state index contributed by atoms with van der Waals surface area (Å²) < 4.78 is 5.49. The van der Waals surface area contributed by atoms with Gasteiger partial charge in [-0.3, -0.25) is 4.90 Å². The van der Waals surface area contributed by atoms with E-state index in [1.807, 2.05) is 18.2 Å². The quantitative estimate of drug-likeness (QED) is 0.347. The summed E-state index contributed by atoms with van der Waals surface area (Å²) in [4.78, 5) is 14.7. The number of fused-ring (bicyclic) bond motifs is 1. The Balaban J connectivity index is 1.28. The van der Waals surface area contributed by atoms with Gasteiger partial charge < -0.3 is 9.73 Å². The number of benzene rings is 3. The van der Waals surface area contributed by atoms with E-state index in [1.165, 1.54) is 11.1 Å². The van der Waals surface area contributed by atoms with E-state index in [-0.39, 0.29) is 5.63 Å². The number of rotatable bonds is 6. The summed E-state index contributed by atoms with van der Waals surface area (Å²) in [6.45, 7) is 5.12. The van der Waals surface area contributed by atoms with E-state index in [9.17, 15) is 4.79 Å². The molecule has 4 nitrogen and oxygen atoms in total. The predicted octanol–water partition coefficient (Wildman–Crippen LogP) is 6.36. The van der Waals surface area contributed by atoms with Gasteiger partial charge >= 0.3 is 5.63 Å². The van der Waals surface area contributed by atoms with Crippen LogP contribution in [-0.2, 0) is 0 Å². The van der Waals surface area contributed by atoms with E-state index < -0.39 is 0 Å². The van der Waals surface area contributed by atoms with E-state index >= 15 is 0 Å². The normalized spacial score (nSPS) is 15.2. The molecule has 0 saturated carbocycles. The molecule has 0 spiro atoms. The zero-order chi connectivity index (χ0) is 23.3. The van der Waals surface area contributed by atoms with Gasteiger partial charge in [-0.25, -0.2) is 4.79 Å². The molecule has 1 aliphatic rings.